The van der Waals surface area contributed by atoms with Crippen LogP contribution in [0.25, 0.3) is 5.69 Å². The van der Waals surface area contributed by atoms with Crippen LogP contribution in [0.15, 0.2) is 30.3 Å². The number of hydrogen-bond donors (Lipinski definition) is 1. The summed E-state index contributed by atoms with van der Waals surface area (Å²) in [7, 11) is 0. The number of carbonyl (C=O) groups excluding carboxylic acids is 1. The Bertz CT molecular complexity index is 707. The average Bonchev–Trinajstić information content (AvgIpc) is 2.91. The molecule has 1 aromatic carbocycles. The van der Waals surface area contributed by atoms with Gasteiger partial charge in [0.05, 0.1) is 11.4 Å². The number of aromatic nitrogens is 3. The van der Waals surface area contributed by atoms with E-state index in [2.05, 4.69) is 24.2 Å². The molecule has 0 radical (unpaired) electrons. The van der Waals surface area contributed by atoms with Gasteiger partial charge >= 0.3 is 0 Å². The molecule has 2 aromatic rings. The molecule has 1 amide bonds. The van der Waals surface area contributed by atoms with Crippen molar-refractivity contribution in [2.24, 2.45) is 11.1 Å². The van der Waals surface area contributed by atoms with Crippen LogP contribution in [0.4, 0.5) is 0 Å². The molecule has 6 heteroatoms. The van der Waals surface area contributed by atoms with Gasteiger partial charge in [-0.25, -0.2) is 4.68 Å². The van der Waals surface area contributed by atoms with Gasteiger partial charge in [0.1, 0.15) is 0 Å². The predicted octanol–water partition coefficient (Wildman–Crippen LogP) is 1.78. The Kier molecular flexibility index (Phi) is 3.93. The van der Waals surface area contributed by atoms with Gasteiger partial charge in [-0.1, -0.05) is 37.3 Å². The number of piperidine rings is 1. The minimum Gasteiger partial charge on any atom is -0.337 e. The zero-order valence-electron chi connectivity index (χ0n) is 13.9. The molecule has 1 fully saturated rings. The lowest BCUT2D eigenvalue weighted by Crippen LogP contribution is -2.54. The Morgan fingerprint density at radius 3 is 2.65 bits per heavy atom. The summed E-state index contributed by atoms with van der Waals surface area (Å²) in [5.74, 6) is -0.0651. The molecule has 1 atom stereocenters. The molecule has 1 saturated heterocycles. The fourth-order valence-corrected chi connectivity index (χ4v) is 3.04. The lowest BCUT2D eigenvalue weighted by atomic mass is 9.79. The molecule has 0 saturated carbocycles. The molecule has 1 aliphatic heterocycles. The van der Waals surface area contributed by atoms with Gasteiger partial charge in [-0.2, -0.15) is 0 Å². The highest BCUT2D eigenvalue weighted by atomic mass is 16.2. The van der Waals surface area contributed by atoms with Gasteiger partial charge in [-0.15, -0.1) is 5.10 Å². The van der Waals surface area contributed by atoms with Crippen molar-refractivity contribution in [3.8, 4) is 5.69 Å². The number of carbonyl (C=O) groups is 1. The molecule has 23 heavy (non-hydrogen) atoms. The Balaban J connectivity index is 1.86. The maximum atomic E-state index is 12.8. The first-order valence-corrected chi connectivity index (χ1v) is 7.93. The summed E-state index contributed by atoms with van der Waals surface area (Å²) in [4.78, 5) is 14.7. The number of nitrogens with zero attached hydrogens (tertiary/aromatic N) is 4. The molecule has 0 spiro atoms. The van der Waals surface area contributed by atoms with Crippen LogP contribution in [-0.2, 0) is 0 Å². The smallest absolute Gasteiger partial charge is 0.276 e. The topological polar surface area (TPSA) is 77.0 Å². The van der Waals surface area contributed by atoms with E-state index in [4.69, 9.17) is 5.73 Å². The van der Waals surface area contributed by atoms with E-state index in [0.717, 1.165) is 17.8 Å². The fraction of sp³-hybridized carbons (Fsp3) is 0.471. The first-order chi connectivity index (χ1) is 10.9. The van der Waals surface area contributed by atoms with Crippen molar-refractivity contribution >= 4 is 5.91 Å². The monoisotopic (exact) mass is 313 g/mol. The number of nitrogens with two attached hydrogens (primary N) is 1. The second-order valence-corrected chi connectivity index (χ2v) is 6.88. The van der Waals surface area contributed by atoms with Crippen LogP contribution >= 0.6 is 0 Å². The largest absolute Gasteiger partial charge is 0.337 e. The number of hydrogen-bond acceptors (Lipinski definition) is 4. The maximum absolute atomic E-state index is 12.8. The first kappa shape index (κ1) is 15.7. The highest BCUT2D eigenvalue weighted by Crippen LogP contribution is 2.28. The molecule has 6 nitrogen and oxygen atoms in total. The summed E-state index contributed by atoms with van der Waals surface area (Å²) < 4.78 is 1.70. The van der Waals surface area contributed by atoms with E-state index >= 15 is 0 Å². The van der Waals surface area contributed by atoms with E-state index in [0.29, 0.717) is 18.8 Å². The molecule has 1 unspecified atom stereocenters. The van der Waals surface area contributed by atoms with Crippen LogP contribution < -0.4 is 5.73 Å². The van der Waals surface area contributed by atoms with Gasteiger partial charge in [-0.3, -0.25) is 4.79 Å². The lowest BCUT2D eigenvalue weighted by Gasteiger charge is -2.42. The first-order valence-electron chi connectivity index (χ1n) is 7.93. The number of amides is 1. The van der Waals surface area contributed by atoms with E-state index < -0.39 is 0 Å². The number of rotatable bonds is 2. The molecule has 1 aromatic heterocycles. The summed E-state index contributed by atoms with van der Waals surface area (Å²) in [6.07, 6.45) is 0.810. The molecular weight excluding hydrogens is 290 g/mol. The minimum atomic E-state index is -0.0861. The van der Waals surface area contributed by atoms with E-state index in [1.165, 1.54) is 0 Å². The third-order valence-corrected chi connectivity index (χ3v) is 4.70. The molecule has 2 heterocycles. The van der Waals surface area contributed by atoms with Crippen LogP contribution in [0.2, 0.25) is 0 Å². The van der Waals surface area contributed by atoms with Gasteiger partial charge < -0.3 is 10.6 Å². The number of likely N-dealkylation sites (tertiary alicyclic amines) is 1. The molecule has 1 aliphatic rings. The fourth-order valence-electron chi connectivity index (χ4n) is 3.04. The van der Waals surface area contributed by atoms with Gasteiger partial charge in [-0.05, 0) is 30.9 Å². The van der Waals surface area contributed by atoms with Crippen molar-refractivity contribution in [1.29, 1.82) is 0 Å². The second-order valence-electron chi connectivity index (χ2n) is 6.88. The van der Waals surface area contributed by atoms with Crippen LogP contribution in [0, 0.1) is 12.3 Å². The summed E-state index contributed by atoms with van der Waals surface area (Å²) in [5, 5.41) is 8.27. The normalized spacial score (nSPS) is 20.5. The van der Waals surface area contributed by atoms with Crippen molar-refractivity contribution in [3.05, 3.63) is 41.7 Å². The van der Waals surface area contributed by atoms with Crippen LogP contribution in [0.5, 0.6) is 0 Å². The summed E-state index contributed by atoms with van der Waals surface area (Å²) in [6.45, 7) is 7.39. The van der Waals surface area contributed by atoms with Crippen molar-refractivity contribution < 1.29 is 4.79 Å². The molecule has 122 valence electrons. The van der Waals surface area contributed by atoms with E-state index in [-0.39, 0.29) is 17.4 Å². The quantitative estimate of drug-likeness (QED) is 0.917. The Morgan fingerprint density at radius 2 is 2.00 bits per heavy atom. The minimum absolute atomic E-state index is 0.0651. The molecule has 0 bridgehead atoms. The lowest BCUT2D eigenvalue weighted by molar-refractivity contribution is 0.0526. The van der Waals surface area contributed by atoms with Crippen molar-refractivity contribution in [1.82, 2.24) is 19.9 Å². The Morgan fingerprint density at radius 1 is 1.30 bits per heavy atom. The average molecular weight is 313 g/mol. The van der Waals surface area contributed by atoms with Crippen LogP contribution in [0.1, 0.15) is 36.5 Å². The van der Waals surface area contributed by atoms with Gasteiger partial charge in [0, 0.05) is 19.1 Å². The number of para-hydroxylation sites is 1. The summed E-state index contributed by atoms with van der Waals surface area (Å²) >= 11 is 0. The van der Waals surface area contributed by atoms with E-state index in [9.17, 15) is 4.79 Å². The van der Waals surface area contributed by atoms with E-state index in [1.807, 2.05) is 42.2 Å². The summed E-state index contributed by atoms with van der Waals surface area (Å²) in [6, 6.07) is 9.82. The second kappa shape index (κ2) is 5.77. The van der Waals surface area contributed by atoms with Crippen LogP contribution in [-0.4, -0.2) is 44.9 Å². The van der Waals surface area contributed by atoms with Crippen molar-refractivity contribution in [2.75, 3.05) is 13.1 Å². The molecular formula is C17H23N5O. The Labute approximate surface area is 136 Å². The molecule has 0 aliphatic carbocycles. The van der Waals surface area contributed by atoms with Crippen molar-refractivity contribution in [2.45, 2.75) is 33.2 Å². The van der Waals surface area contributed by atoms with Crippen LogP contribution in [0.3, 0.4) is 0 Å². The third-order valence-electron chi connectivity index (χ3n) is 4.70. The SMILES string of the molecule is Cc1c(C(=O)N2CCC(N)C(C)(C)C2)nnn1-c1ccccc1. The standard InChI is InChI=1S/C17H23N5O/c1-12-15(19-20-22(12)13-7-5-4-6-8-13)16(23)21-10-9-14(18)17(2,3)11-21/h4-8,14H,9-11,18H2,1-3H3. The zero-order valence-corrected chi connectivity index (χ0v) is 13.9. The zero-order chi connectivity index (χ0) is 16.6. The highest BCUT2D eigenvalue weighted by Gasteiger charge is 2.36. The predicted molar refractivity (Wildman–Crippen MR) is 88.4 cm³/mol. The number of benzene rings is 1. The van der Waals surface area contributed by atoms with E-state index in [1.54, 1.807) is 4.68 Å². The highest BCUT2D eigenvalue weighted by molar-refractivity contribution is 5.93. The maximum Gasteiger partial charge on any atom is 0.276 e. The molecule has 3 rings (SSSR count). The van der Waals surface area contributed by atoms with Gasteiger partial charge in [0.2, 0.25) is 0 Å². The Hall–Kier alpha value is -2.21. The van der Waals surface area contributed by atoms with Crippen molar-refractivity contribution in [3.63, 3.8) is 0 Å². The molecule has 2 N–H and O–H groups in total. The van der Waals surface area contributed by atoms with Gasteiger partial charge in [0.25, 0.3) is 5.91 Å². The third kappa shape index (κ3) is 2.86. The summed E-state index contributed by atoms with van der Waals surface area (Å²) in [5.41, 5.74) is 8.14. The van der Waals surface area contributed by atoms with Gasteiger partial charge in [0.15, 0.2) is 5.69 Å².